The fourth-order valence-electron chi connectivity index (χ4n) is 4.00. The van der Waals surface area contributed by atoms with Crippen molar-refractivity contribution in [3.05, 3.63) is 70.8 Å². The molecule has 3 heterocycles. The summed E-state index contributed by atoms with van der Waals surface area (Å²) in [7, 11) is 1.73. The van der Waals surface area contributed by atoms with E-state index in [-0.39, 0.29) is 6.10 Å². The maximum Gasteiger partial charge on any atom is 0.150 e. The number of nitrogens with one attached hydrogen (secondary N) is 1. The van der Waals surface area contributed by atoms with E-state index in [1.54, 1.807) is 25.7 Å². The second-order valence-corrected chi connectivity index (χ2v) is 7.88. The van der Waals surface area contributed by atoms with Gasteiger partial charge < -0.3 is 14.8 Å². The Hall–Kier alpha value is -3.03. The Morgan fingerprint density at radius 2 is 2.03 bits per heavy atom. The highest BCUT2D eigenvalue weighted by molar-refractivity contribution is 5.50. The second-order valence-electron chi connectivity index (χ2n) is 7.88. The first kappa shape index (κ1) is 21.2. The molecule has 1 fully saturated rings. The van der Waals surface area contributed by atoms with E-state index in [4.69, 9.17) is 14.5 Å². The average molecular weight is 420 g/mol. The average Bonchev–Trinajstić information content (AvgIpc) is 2.80. The van der Waals surface area contributed by atoms with Gasteiger partial charge in [-0.2, -0.15) is 0 Å². The number of benzene rings is 1. The Balaban J connectivity index is 1.48. The van der Waals surface area contributed by atoms with Crippen LogP contribution in [0.3, 0.4) is 0 Å². The van der Waals surface area contributed by atoms with Crippen molar-refractivity contribution in [3.8, 4) is 5.75 Å². The van der Waals surface area contributed by atoms with Crippen LogP contribution in [-0.4, -0.2) is 46.7 Å². The van der Waals surface area contributed by atoms with Gasteiger partial charge >= 0.3 is 0 Å². The molecule has 0 bridgehead atoms. The fraction of sp³-hybridized carbons (Fsp3) is 0.375. The van der Waals surface area contributed by atoms with Gasteiger partial charge in [0.15, 0.2) is 0 Å². The molecule has 1 saturated heterocycles. The van der Waals surface area contributed by atoms with Crippen LogP contribution in [0.2, 0.25) is 0 Å². The molecule has 31 heavy (non-hydrogen) atoms. The number of ether oxygens (including phenoxy) is 2. The molecule has 1 atom stereocenters. The Morgan fingerprint density at radius 3 is 2.81 bits per heavy atom. The van der Waals surface area contributed by atoms with Crippen LogP contribution in [0.15, 0.2) is 42.9 Å². The Kier molecular flexibility index (Phi) is 6.44. The van der Waals surface area contributed by atoms with Crippen molar-refractivity contribution in [1.82, 2.24) is 19.9 Å². The SMILES string of the molecule is COc1cc(C)c(CN2CCO[C@@H](c3cccc(Nc4cnccn4)n3)C2)c(C)c1C. The van der Waals surface area contributed by atoms with Gasteiger partial charge in [0.2, 0.25) is 0 Å². The van der Waals surface area contributed by atoms with Gasteiger partial charge in [0, 0.05) is 32.0 Å². The molecule has 0 aliphatic carbocycles. The van der Waals surface area contributed by atoms with Crippen LogP contribution in [0.1, 0.15) is 34.1 Å². The van der Waals surface area contributed by atoms with Crippen molar-refractivity contribution in [2.24, 2.45) is 0 Å². The summed E-state index contributed by atoms with van der Waals surface area (Å²) in [5.41, 5.74) is 6.05. The predicted molar refractivity (Wildman–Crippen MR) is 121 cm³/mol. The lowest BCUT2D eigenvalue weighted by Crippen LogP contribution is -2.38. The minimum absolute atomic E-state index is 0.0719. The van der Waals surface area contributed by atoms with Crippen LogP contribution in [0.5, 0.6) is 5.75 Å². The smallest absolute Gasteiger partial charge is 0.150 e. The lowest BCUT2D eigenvalue weighted by atomic mass is 9.96. The molecule has 7 heteroatoms. The van der Waals surface area contributed by atoms with E-state index in [0.717, 1.165) is 36.9 Å². The molecule has 0 saturated carbocycles. The number of nitrogens with zero attached hydrogens (tertiary/aromatic N) is 4. The van der Waals surface area contributed by atoms with Crippen LogP contribution < -0.4 is 10.1 Å². The van der Waals surface area contributed by atoms with Gasteiger partial charge in [0.25, 0.3) is 0 Å². The molecule has 162 valence electrons. The van der Waals surface area contributed by atoms with E-state index < -0.39 is 0 Å². The molecule has 0 unspecified atom stereocenters. The molecule has 4 rings (SSSR count). The van der Waals surface area contributed by atoms with Crippen molar-refractivity contribution >= 4 is 11.6 Å². The molecular weight excluding hydrogens is 390 g/mol. The van der Waals surface area contributed by atoms with Gasteiger partial charge in [-0.15, -0.1) is 0 Å². The quantitative estimate of drug-likeness (QED) is 0.644. The second kappa shape index (κ2) is 9.41. The summed E-state index contributed by atoms with van der Waals surface area (Å²) in [5.74, 6) is 2.35. The summed E-state index contributed by atoms with van der Waals surface area (Å²) in [6.45, 7) is 9.73. The number of rotatable bonds is 6. The third kappa shape index (κ3) is 4.84. The number of methoxy groups -OCH3 is 1. The van der Waals surface area contributed by atoms with E-state index in [0.29, 0.717) is 12.4 Å². The van der Waals surface area contributed by atoms with E-state index in [2.05, 4.69) is 47.0 Å². The molecule has 7 nitrogen and oxygen atoms in total. The van der Waals surface area contributed by atoms with Gasteiger partial charge in [-0.1, -0.05) is 6.07 Å². The third-order valence-corrected chi connectivity index (χ3v) is 5.88. The first-order valence-corrected chi connectivity index (χ1v) is 10.5. The van der Waals surface area contributed by atoms with Gasteiger partial charge in [-0.25, -0.2) is 9.97 Å². The molecule has 1 N–H and O–H groups in total. The van der Waals surface area contributed by atoms with Crippen LogP contribution in [0, 0.1) is 20.8 Å². The Labute approximate surface area is 183 Å². The number of morpholine rings is 1. The molecule has 0 spiro atoms. The van der Waals surface area contributed by atoms with Crippen molar-refractivity contribution < 1.29 is 9.47 Å². The first-order chi connectivity index (χ1) is 15.0. The summed E-state index contributed by atoms with van der Waals surface area (Å²) < 4.78 is 11.6. The van der Waals surface area contributed by atoms with E-state index in [1.807, 2.05) is 18.2 Å². The highest BCUT2D eigenvalue weighted by Gasteiger charge is 2.24. The van der Waals surface area contributed by atoms with E-state index in [1.165, 1.54) is 22.3 Å². The first-order valence-electron chi connectivity index (χ1n) is 10.5. The zero-order valence-electron chi connectivity index (χ0n) is 18.6. The molecule has 1 aliphatic rings. The predicted octanol–water partition coefficient (Wildman–Crippen LogP) is 4.12. The zero-order valence-corrected chi connectivity index (χ0v) is 18.6. The molecule has 1 aliphatic heterocycles. The minimum Gasteiger partial charge on any atom is -0.496 e. The lowest BCUT2D eigenvalue weighted by molar-refractivity contribution is -0.0350. The maximum atomic E-state index is 6.08. The van der Waals surface area contributed by atoms with Crippen LogP contribution in [0.25, 0.3) is 0 Å². The standard InChI is InChI=1S/C24H29N5O2/c1-16-12-21(30-4)18(3)17(2)19(16)14-29-10-11-31-22(15-29)20-6-5-7-23(27-20)28-24-13-25-8-9-26-24/h5-9,12-13,22H,10-11,14-15H2,1-4H3,(H,26,27,28)/t22-/m1/s1. The van der Waals surface area contributed by atoms with Crippen LogP contribution >= 0.6 is 0 Å². The van der Waals surface area contributed by atoms with Gasteiger partial charge in [-0.05, 0) is 61.2 Å². The number of aryl methyl sites for hydroxylation is 1. The number of pyridine rings is 1. The summed E-state index contributed by atoms with van der Waals surface area (Å²) >= 11 is 0. The van der Waals surface area contributed by atoms with Crippen molar-refractivity contribution in [2.75, 3.05) is 32.1 Å². The number of anilines is 2. The molecule has 0 radical (unpaired) electrons. The van der Waals surface area contributed by atoms with E-state index >= 15 is 0 Å². The van der Waals surface area contributed by atoms with Gasteiger partial charge in [0.05, 0.1) is 25.6 Å². The summed E-state index contributed by atoms with van der Waals surface area (Å²) in [5, 5.41) is 3.20. The summed E-state index contributed by atoms with van der Waals surface area (Å²) in [4.78, 5) is 15.5. The lowest BCUT2D eigenvalue weighted by Gasteiger charge is -2.33. The van der Waals surface area contributed by atoms with Crippen molar-refractivity contribution in [2.45, 2.75) is 33.4 Å². The summed E-state index contributed by atoms with van der Waals surface area (Å²) in [6, 6.07) is 8.07. The Morgan fingerprint density at radius 1 is 1.16 bits per heavy atom. The molecular formula is C24H29N5O2. The van der Waals surface area contributed by atoms with Crippen molar-refractivity contribution in [1.29, 1.82) is 0 Å². The van der Waals surface area contributed by atoms with Gasteiger partial charge in [-0.3, -0.25) is 9.88 Å². The maximum absolute atomic E-state index is 6.08. The number of hydrogen-bond donors (Lipinski definition) is 1. The van der Waals surface area contributed by atoms with Crippen LogP contribution in [0.4, 0.5) is 11.6 Å². The third-order valence-electron chi connectivity index (χ3n) is 5.88. The van der Waals surface area contributed by atoms with Crippen LogP contribution in [-0.2, 0) is 11.3 Å². The highest BCUT2D eigenvalue weighted by atomic mass is 16.5. The molecule has 0 amide bonds. The Bertz CT molecular complexity index is 1040. The van der Waals surface area contributed by atoms with E-state index in [9.17, 15) is 0 Å². The minimum atomic E-state index is -0.0719. The van der Waals surface area contributed by atoms with Crippen molar-refractivity contribution in [3.63, 3.8) is 0 Å². The monoisotopic (exact) mass is 419 g/mol. The molecule has 3 aromatic rings. The zero-order chi connectivity index (χ0) is 21.8. The van der Waals surface area contributed by atoms with Gasteiger partial charge in [0.1, 0.15) is 23.5 Å². The number of hydrogen-bond acceptors (Lipinski definition) is 7. The topological polar surface area (TPSA) is 72.4 Å². The molecule has 2 aromatic heterocycles. The summed E-state index contributed by atoms with van der Waals surface area (Å²) in [6.07, 6.45) is 4.90. The largest absolute Gasteiger partial charge is 0.496 e. The normalized spacial score (nSPS) is 16.8. The fourth-order valence-corrected chi connectivity index (χ4v) is 4.00. The number of aromatic nitrogens is 3. The highest BCUT2D eigenvalue weighted by Crippen LogP contribution is 2.30. The molecule has 1 aromatic carbocycles.